The molecule has 0 aliphatic rings. The van der Waals surface area contributed by atoms with Crippen molar-refractivity contribution in [3.05, 3.63) is 99.0 Å². The molecule has 0 atom stereocenters. The summed E-state index contributed by atoms with van der Waals surface area (Å²) in [6.45, 7) is 0. The van der Waals surface area contributed by atoms with E-state index in [1.807, 2.05) is 72.8 Å². The largest absolute Gasteiger partial charge is 0.361 e. The van der Waals surface area contributed by atoms with Gasteiger partial charge in [-0.3, -0.25) is 0 Å². The lowest BCUT2D eigenvalue weighted by molar-refractivity contribution is 0.582. The Morgan fingerprint density at radius 2 is 0.929 bits per heavy atom. The molecular formula is C23H13Cl4O+. The molecule has 4 aromatic rings. The maximum absolute atomic E-state index is 6.45. The van der Waals surface area contributed by atoms with Gasteiger partial charge in [0.05, 0.1) is 23.3 Å². The molecule has 0 unspecified atom stereocenters. The van der Waals surface area contributed by atoms with Crippen LogP contribution in [0.4, 0.5) is 0 Å². The lowest BCUT2D eigenvalue weighted by Crippen LogP contribution is -1.87. The fraction of sp³-hybridized carbons (Fsp3) is 0. The SMILES string of the molecule is Clc1ccc(-c2cc(-c3ccc(Cl)cc3Cl)cc(-c3ccc(Cl)cc3)[o+]2)cc1. The van der Waals surface area contributed by atoms with E-state index in [2.05, 4.69) is 0 Å². The van der Waals surface area contributed by atoms with Crippen molar-refractivity contribution in [2.75, 3.05) is 0 Å². The van der Waals surface area contributed by atoms with Gasteiger partial charge in [-0.25, -0.2) is 4.42 Å². The zero-order chi connectivity index (χ0) is 19.7. The summed E-state index contributed by atoms with van der Waals surface area (Å²) in [5.74, 6) is 1.40. The third kappa shape index (κ3) is 4.19. The Labute approximate surface area is 183 Å². The third-order valence-electron chi connectivity index (χ3n) is 4.29. The normalized spacial score (nSPS) is 10.9. The van der Waals surface area contributed by atoms with Gasteiger partial charge < -0.3 is 0 Å². The molecule has 138 valence electrons. The van der Waals surface area contributed by atoms with E-state index in [-0.39, 0.29) is 0 Å². The smallest absolute Gasteiger partial charge is 0.207 e. The minimum absolute atomic E-state index is 0.572. The van der Waals surface area contributed by atoms with Crippen LogP contribution in [0.5, 0.6) is 0 Å². The molecule has 1 aromatic heterocycles. The fourth-order valence-electron chi connectivity index (χ4n) is 2.89. The molecule has 0 spiro atoms. The van der Waals surface area contributed by atoms with Crippen LogP contribution in [0.2, 0.25) is 20.1 Å². The van der Waals surface area contributed by atoms with Gasteiger partial charge in [0, 0.05) is 31.2 Å². The first-order valence-electron chi connectivity index (χ1n) is 8.45. The van der Waals surface area contributed by atoms with Crippen molar-refractivity contribution in [1.29, 1.82) is 0 Å². The molecule has 0 radical (unpaired) electrons. The summed E-state index contributed by atoms with van der Waals surface area (Å²) in [6, 6.07) is 24.3. The highest BCUT2D eigenvalue weighted by atomic mass is 35.5. The van der Waals surface area contributed by atoms with Crippen LogP contribution < -0.4 is 0 Å². The molecule has 1 nitrogen and oxygen atoms in total. The first-order chi connectivity index (χ1) is 13.5. The average Bonchev–Trinajstić information content (AvgIpc) is 2.69. The molecule has 3 aromatic carbocycles. The fourth-order valence-corrected chi connectivity index (χ4v) is 3.66. The van der Waals surface area contributed by atoms with Crippen molar-refractivity contribution in [1.82, 2.24) is 0 Å². The van der Waals surface area contributed by atoms with Gasteiger partial charge in [-0.1, -0.05) is 52.5 Å². The van der Waals surface area contributed by atoms with Gasteiger partial charge in [-0.2, -0.15) is 0 Å². The molecule has 0 aliphatic heterocycles. The first-order valence-corrected chi connectivity index (χ1v) is 9.96. The Morgan fingerprint density at radius 3 is 1.39 bits per heavy atom. The first kappa shape index (κ1) is 19.3. The molecule has 0 aliphatic carbocycles. The molecule has 0 N–H and O–H groups in total. The predicted octanol–water partition coefficient (Wildman–Crippen LogP) is 9.18. The van der Waals surface area contributed by atoms with Crippen LogP contribution in [0.25, 0.3) is 33.8 Å². The molecule has 0 amide bonds. The number of rotatable bonds is 3. The van der Waals surface area contributed by atoms with E-state index in [4.69, 9.17) is 50.8 Å². The Hall–Kier alpha value is -2.03. The zero-order valence-electron chi connectivity index (χ0n) is 14.4. The number of halogens is 4. The van der Waals surface area contributed by atoms with Crippen molar-refractivity contribution in [3.63, 3.8) is 0 Å². The monoisotopic (exact) mass is 445 g/mol. The van der Waals surface area contributed by atoms with E-state index >= 15 is 0 Å². The van der Waals surface area contributed by atoms with Gasteiger partial charge in [-0.15, -0.1) is 0 Å². The summed E-state index contributed by atoms with van der Waals surface area (Å²) in [5.41, 5.74) is 3.60. The highest BCUT2D eigenvalue weighted by Gasteiger charge is 2.21. The molecule has 0 fully saturated rings. The van der Waals surface area contributed by atoms with Crippen LogP contribution >= 0.6 is 46.4 Å². The second-order valence-electron chi connectivity index (χ2n) is 6.21. The van der Waals surface area contributed by atoms with E-state index in [9.17, 15) is 0 Å². The minimum atomic E-state index is 0.572. The quantitative estimate of drug-likeness (QED) is 0.285. The highest BCUT2D eigenvalue weighted by molar-refractivity contribution is 6.36. The summed E-state index contributed by atoms with van der Waals surface area (Å²) in [7, 11) is 0. The molecule has 1 heterocycles. The Kier molecular flexibility index (Phi) is 5.61. The molecular weight excluding hydrogens is 434 g/mol. The van der Waals surface area contributed by atoms with E-state index in [1.165, 1.54) is 0 Å². The van der Waals surface area contributed by atoms with E-state index in [0.29, 0.717) is 31.6 Å². The Bertz CT molecular complexity index is 1070. The molecule has 28 heavy (non-hydrogen) atoms. The van der Waals surface area contributed by atoms with Crippen LogP contribution in [0.15, 0.2) is 83.3 Å². The van der Waals surface area contributed by atoms with Gasteiger partial charge >= 0.3 is 11.5 Å². The average molecular weight is 447 g/mol. The summed E-state index contributed by atoms with van der Waals surface area (Å²) < 4.78 is 6.20. The Balaban J connectivity index is 1.92. The third-order valence-corrected chi connectivity index (χ3v) is 5.34. The molecule has 4 rings (SSSR count). The van der Waals surface area contributed by atoms with Gasteiger partial charge in [0.25, 0.3) is 0 Å². The predicted molar refractivity (Wildman–Crippen MR) is 119 cm³/mol. The van der Waals surface area contributed by atoms with E-state index in [0.717, 1.165) is 22.3 Å². The van der Waals surface area contributed by atoms with Crippen molar-refractivity contribution in [2.24, 2.45) is 0 Å². The zero-order valence-corrected chi connectivity index (χ0v) is 17.4. The summed E-state index contributed by atoms with van der Waals surface area (Å²) in [6.07, 6.45) is 0. The standard InChI is InChI=1S/C23H13Cl4O/c24-17-5-1-14(2-6-17)22-11-16(20-10-9-19(26)13-21(20)27)12-23(28-22)15-3-7-18(25)8-4-15/h1-13H/q+1. The topological polar surface area (TPSA) is 11.3 Å². The maximum atomic E-state index is 6.45. The van der Waals surface area contributed by atoms with Crippen molar-refractivity contribution < 1.29 is 4.42 Å². The van der Waals surface area contributed by atoms with Crippen LogP contribution in [-0.4, -0.2) is 0 Å². The Morgan fingerprint density at radius 1 is 0.464 bits per heavy atom. The van der Waals surface area contributed by atoms with Crippen LogP contribution in [0.1, 0.15) is 0 Å². The second kappa shape index (κ2) is 8.14. The minimum Gasteiger partial charge on any atom is -0.207 e. The number of hydrogen-bond donors (Lipinski definition) is 0. The van der Waals surface area contributed by atoms with Crippen LogP contribution in [0, 0.1) is 0 Å². The number of benzene rings is 3. The number of hydrogen-bond acceptors (Lipinski definition) is 0. The van der Waals surface area contributed by atoms with Crippen molar-refractivity contribution >= 4 is 46.4 Å². The highest BCUT2D eigenvalue weighted by Crippen LogP contribution is 2.37. The van der Waals surface area contributed by atoms with Crippen LogP contribution in [0.3, 0.4) is 0 Å². The lowest BCUT2D eigenvalue weighted by Gasteiger charge is -2.05. The van der Waals surface area contributed by atoms with Crippen molar-refractivity contribution in [2.45, 2.75) is 0 Å². The summed E-state index contributed by atoms with van der Waals surface area (Å²) in [4.78, 5) is 0. The van der Waals surface area contributed by atoms with Crippen LogP contribution in [-0.2, 0) is 0 Å². The maximum Gasteiger partial charge on any atom is 0.361 e. The summed E-state index contributed by atoms with van der Waals surface area (Å²) in [5, 5.41) is 2.49. The molecule has 5 heteroatoms. The van der Waals surface area contributed by atoms with Gasteiger partial charge in [0.1, 0.15) is 0 Å². The van der Waals surface area contributed by atoms with E-state index in [1.54, 1.807) is 6.07 Å². The van der Waals surface area contributed by atoms with E-state index < -0.39 is 0 Å². The van der Waals surface area contributed by atoms with Gasteiger partial charge in [0.2, 0.25) is 0 Å². The van der Waals surface area contributed by atoms with Crippen molar-refractivity contribution in [3.8, 4) is 33.8 Å². The lowest BCUT2D eigenvalue weighted by atomic mass is 10.0. The molecule has 0 saturated carbocycles. The molecule has 0 bridgehead atoms. The molecule has 0 saturated heterocycles. The van der Waals surface area contributed by atoms with Gasteiger partial charge in [-0.05, 0) is 60.7 Å². The van der Waals surface area contributed by atoms with Gasteiger partial charge in [0.15, 0.2) is 0 Å². The second-order valence-corrected chi connectivity index (χ2v) is 7.93. The summed E-state index contributed by atoms with van der Waals surface area (Å²) >= 11 is 24.6.